The van der Waals surface area contributed by atoms with Crippen molar-refractivity contribution in [2.75, 3.05) is 0 Å². The lowest BCUT2D eigenvalue weighted by molar-refractivity contribution is 0.0660. The van der Waals surface area contributed by atoms with Crippen molar-refractivity contribution in [3.63, 3.8) is 0 Å². The van der Waals surface area contributed by atoms with E-state index >= 15 is 0 Å². The molecular weight excluding hydrogens is 294 g/mol. The Morgan fingerprint density at radius 3 is 2.57 bits per heavy atom. The number of hydrogen-bond acceptors (Lipinski definition) is 4. The Kier molecular flexibility index (Phi) is 4.15. The molecule has 1 heterocycles. The molecule has 2 rings (SSSR count). The minimum Gasteiger partial charge on any atom is -0.475 e. The standard InChI is InChI=1S/C14H15NO5S/c1-9-3-4-10(2)13(7-9)21(18,19)15-8-11-5-6-12(20-11)14(16)17/h3-7,15H,8H2,1-2H3,(H,16,17). The summed E-state index contributed by atoms with van der Waals surface area (Å²) in [5, 5.41) is 8.74. The van der Waals surface area contributed by atoms with Gasteiger partial charge < -0.3 is 9.52 Å². The van der Waals surface area contributed by atoms with Gasteiger partial charge in [0.1, 0.15) is 5.76 Å². The second-order valence-corrected chi connectivity index (χ2v) is 6.40. The summed E-state index contributed by atoms with van der Waals surface area (Å²) in [6, 6.07) is 7.86. The number of sulfonamides is 1. The Hall–Kier alpha value is -2.12. The van der Waals surface area contributed by atoms with Crippen LogP contribution in [0.3, 0.4) is 0 Å². The number of aromatic carboxylic acids is 1. The zero-order valence-electron chi connectivity index (χ0n) is 11.6. The number of rotatable bonds is 5. The van der Waals surface area contributed by atoms with Crippen LogP contribution in [0.25, 0.3) is 0 Å². The van der Waals surface area contributed by atoms with Gasteiger partial charge in [0.15, 0.2) is 0 Å². The third-order valence-corrected chi connectivity index (χ3v) is 4.49. The lowest BCUT2D eigenvalue weighted by Gasteiger charge is -2.09. The molecule has 0 atom stereocenters. The molecule has 112 valence electrons. The molecule has 2 aromatic rings. The van der Waals surface area contributed by atoms with Gasteiger partial charge >= 0.3 is 5.97 Å². The van der Waals surface area contributed by atoms with Gasteiger partial charge in [-0.3, -0.25) is 0 Å². The van der Waals surface area contributed by atoms with E-state index in [0.29, 0.717) is 5.56 Å². The zero-order valence-corrected chi connectivity index (χ0v) is 12.4. The minimum atomic E-state index is -3.68. The fourth-order valence-corrected chi connectivity index (χ4v) is 3.15. The van der Waals surface area contributed by atoms with E-state index in [9.17, 15) is 13.2 Å². The van der Waals surface area contributed by atoms with Crippen LogP contribution in [0.4, 0.5) is 0 Å². The van der Waals surface area contributed by atoms with Crippen molar-refractivity contribution in [1.82, 2.24) is 4.72 Å². The molecule has 0 bridgehead atoms. The number of aryl methyl sites for hydroxylation is 2. The quantitative estimate of drug-likeness (QED) is 0.881. The van der Waals surface area contributed by atoms with Gasteiger partial charge in [0.2, 0.25) is 15.8 Å². The van der Waals surface area contributed by atoms with Gasteiger partial charge in [0.25, 0.3) is 0 Å². The number of carbonyl (C=O) groups is 1. The molecule has 0 unspecified atom stereocenters. The van der Waals surface area contributed by atoms with Gasteiger partial charge in [0, 0.05) is 0 Å². The van der Waals surface area contributed by atoms with Crippen molar-refractivity contribution in [3.05, 3.63) is 53.0 Å². The molecule has 6 nitrogen and oxygen atoms in total. The molecular formula is C14H15NO5S. The van der Waals surface area contributed by atoms with Crippen LogP contribution in [0, 0.1) is 13.8 Å². The number of nitrogens with one attached hydrogen (secondary N) is 1. The van der Waals surface area contributed by atoms with Crippen molar-refractivity contribution in [2.24, 2.45) is 0 Å². The Balaban J connectivity index is 2.17. The molecule has 21 heavy (non-hydrogen) atoms. The van der Waals surface area contributed by atoms with Crippen molar-refractivity contribution in [2.45, 2.75) is 25.3 Å². The molecule has 0 saturated carbocycles. The lowest BCUT2D eigenvalue weighted by Crippen LogP contribution is -2.23. The average molecular weight is 309 g/mol. The van der Waals surface area contributed by atoms with Crippen molar-refractivity contribution in [3.8, 4) is 0 Å². The van der Waals surface area contributed by atoms with Crippen LogP contribution in [0.5, 0.6) is 0 Å². The van der Waals surface area contributed by atoms with Crippen LogP contribution in [-0.2, 0) is 16.6 Å². The van der Waals surface area contributed by atoms with Gasteiger partial charge in [-0.1, -0.05) is 12.1 Å². The summed E-state index contributed by atoms with van der Waals surface area (Å²) in [4.78, 5) is 10.9. The van der Waals surface area contributed by atoms with E-state index < -0.39 is 16.0 Å². The first-order valence-corrected chi connectivity index (χ1v) is 7.67. The van der Waals surface area contributed by atoms with E-state index in [1.807, 2.05) is 13.0 Å². The SMILES string of the molecule is Cc1ccc(C)c(S(=O)(=O)NCc2ccc(C(=O)O)o2)c1. The second kappa shape index (κ2) is 5.71. The van der Waals surface area contributed by atoms with E-state index in [-0.39, 0.29) is 23.0 Å². The summed E-state index contributed by atoms with van der Waals surface area (Å²) < 4.78 is 31.9. The maximum atomic E-state index is 12.3. The highest BCUT2D eigenvalue weighted by atomic mass is 32.2. The van der Waals surface area contributed by atoms with Gasteiger partial charge in [0.05, 0.1) is 11.4 Å². The molecule has 0 spiro atoms. The van der Waals surface area contributed by atoms with Crippen molar-refractivity contribution < 1.29 is 22.7 Å². The summed E-state index contributed by atoms with van der Waals surface area (Å²) in [6.07, 6.45) is 0. The summed E-state index contributed by atoms with van der Waals surface area (Å²) in [6.45, 7) is 3.41. The van der Waals surface area contributed by atoms with Crippen LogP contribution in [0.2, 0.25) is 0 Å². The van der Waals surface area contributed by atoms with E-state index in [0.717, 1.165) is 5.56 Å². The monoisotopic (exact) mass is 309 g/mol. The van der Waals surface area contributed by atoms with Crippen molar-refractivity contribution >= 4 is 16.0 Å². The Morgan fingerprint density at radius 1 is 1.24 bits per heavy atom. The Labute approximate surface area is 122 Å². The van der Waals surface area contributed by atoms with E-state index in [2.05, 4.69) is 4.72 Å². The first-order valence-electron chi connectivity index (χ1n) is 6.18. The van der Waals surface area contributed by atoms with Gasteiger partial charge in [-0.25, -0.2) is 17.9 Å². The zero-order chi connectivity index (χ0) is 15.6. The van der Waals surface area contributed by atoms with Gasteiger partial charge in [-0.05, 0) is 43.2 Å². The Bertz CT molecular complexity index is 776. The molecule has 2 N–H and O–H groups in total. The maximum absolute atomic E-state index is 12.3. The predicted molar refractivity (Wildman–Crippen MR) is 75.6 cm³/mol. The summed E-state index contributed by atoms with van der Waals surface area (Å²) in [7, 11) is -3.68. The molecule has 7 heteroatoms. The summed E-state index contributed by atoms with van der Waals surface area (Å²) in [5.41, 5.74) is 1.48. The second-order valence-electron chi connectivity index (χ2n) is 4.66. The largest absolute Gasteiger partial charge is 0.475 e. The molecule has 0 aliphatic heterocycles. The Morgan fingerprint density at radius 2 is 1.95 bits per heavy atom. The molecule has 0 fully saturated rings. The van der Waals surface area contributed by atoms with Crippen LogP contribution >= 0.6 is 0 Å². The molecule has 0 saturated heterocycles. The fraction of sp³-hybridized carbons (Fsp3) is 0.214. The molecule has 0 aliphatic carbocycles. The number of hydrogen-bond donors (Lipinski definition) is 2. The molecule has 0 radical (unpaired) electrons. The first kappa shape index (κ1) is 15.3. The smallest absolute Gasteiger partial charge is 0.371 e. The molecule has 0 amide bonds. The maximum Gasteiger partial charge on any atom is 0.371 e. The van der Waals surface area contributed by atoms with Gasteiger partial charge in [-0.15, -0.1) is 0 Å². The molecule has 1 aromatic carbocycles. The third-order valence-electron chi connectivity index (χ3n) is 2.94. The molecule has 1 aromatic heterocycles. The van der Waals surface area contributed by atoms with Crippen LogP contribution in [-0.4, -0.2) is 19.5 Å². The fourth-order valence-electron chi connectivity index (χ4n) is 1.83. The van der Waals surface area contributed by atoms with Crippen LogP contribution in [0.15, 0.2) is 39.6 Å². The van der Waals surface area contributed by atoms with Crippen LogP contribution in [0.1, 0.15) is 27.4 Å². The normalized spacial score (nSPS) is 11.5. The lowest BCUT2D eigenvalue weighted by atomic mass is 10.2. The highest BCUT2D eigenvalue weighted by Gasteiger charge is 2.18. The third kappa shape index (κ3) is 3.50. The number of carboxylic acids is 1. The van der Waals surface area contributed by atoms with Crippen molar-refractivity contribution in [1.29, 1.82) is 0 Å². The topological polar surface area (TPSA) is 96.6 Å². The highest BCUT2D eigenvalue weighted by molar-refractivity contribution is 7.89. The minimum absolute atomic E-state index is 0.108. The van der Waals surface area contributed by atoms with E-state index in [4.69, 9.17) is 9.52 Å². The molecule has 0 aliphatic rings. The number of benzene rings is 1. The van der Waals surface area contributed by atoms with E-state index in [1.54, 1.807) is 19.1 Å². The van der Waals surface area contributed by atoms with Crippen LogP contribution < -0.4 is 4.72 Å². The average Bonchev–Trinajstić information content (AvgIpc) is 2.88. The van der Waals surface area contributed by atoms with E-state index in [1.165, 1.54) is 12.1 Å². The number of carboxylic acid groups (broad SMARTS) is 1. The number of furan rings is 1. The highest BCUT2D eigenvalue weighted by Crippen LogP contribution is 2.17. The van der Waals surface area contributed by atoms with Gasteiger partial charge in [-0.2, -0.15) is 0 Å². The first-order chi connectivity index (χ1) is 9.79. The summed E-state index contributed by atoms with van der Waals surface area (Å²) in [5.74, 6) is -1.18. The summed E-state index contributed by atoms with van der Waals surface area (Å²) >= 11 is 0. The predicted octanol–water partition coefficient (Wildman–Crippen LogP) is 2.07.